The van der Waals surface area contributed by atoms with Gasteiger partial charge in [-0.2, -0.15) is 5.26 Å². The molecule has 0 N–H and O–H groups in total. The molecule has 0 bridgehead atoms. The summed E-state index contributed by atoms with van der Waals surface area (Å²) < 4.78 is 34.0. The molecule has 4 rings (SSSR count). The number of allylic oxidation sites excluding steroid dienone is 2. The summed E-state index contributed by atoms with van der Waals surface area (Å²) in [5.74, 6) is -3.84. The molecule has 14 heteroatoms. The minimum Gasteiger partial charge on any atom is -0.497 e. The smallest absolute Gasteiger partial charge is 0.303 e. The first-order valence-electron chi connectivity index (χ1n) is 15.2. The number of rotatable bonds is 10. The molecular weight excluding hydrogens is 656 g/mol. The molecule has 49 heavy (non-hydrogen) atoms. The van der Waals surface area contributed by atoms with Crippen LogP contribution in [0.4, 0.5) is 0 Å². The van der Waals surface area contributed by atoms with Crippen LogP contribution in [0.1, 0.15) is 51.7 Å². The van der Waals surface area contributed by atoms with E-state index in [1.54, 1.807) is 54.6 Å². The van der Waals surface area contributed by atoms with E-state index in [9.17, 15) is 29.2 Å². The van der Waals surface area contributed by atoms with Gasteiger partial charge in [0, 0.05) is 33.3 Å². The first-order chi connectivity index (χ1) is 23.3. The zero-order valence-electron chi connectivity index (χ0n) is 27.7. The van der Waals surface area contributed by atoms with Crippen LogP contribution >= 0.6 is 12.6 Å². The van der Waals surface area contributed by atoms with E-state index < -0.39 is 72.8 Å². The van der Waals surface area contributed by atoms with Crippen molar-refractivity contribution in [3.63, 3.8) is 0 Å². The molecule has 2 aliphatic rings. The number of nitriles is 1. The van der Waals surface area contributed by atoms with Gasteiger partial charge in [-0.15, -0.1) is 12.6 Å². The second kappa shape index (κ2) is 15.8. The lowest BCUT2D eigenvalue weighted by Gasteiger charge is -2.50. The number of Topliss-reactive ketones (excluding diaryl/α,β-unsaturated/α-hetero) is 1. The molecule has 0 aliphatic carbocycles. The van der Waals surface area contributed by atoms with E-state index in [2.05, 4.69) is 6.07 Å². The van der Waals surface area contributed by atoms with Crippen LogP contribution in [-0.4, -0.2) is 78.9 Å². The average molecular weight is 693 g/mol. The van der Waals surface area contributed by atoms with Crippen molar-refractivity contribution in [1.82, 2.24) is 4.90 Å². The molecule has 0 spiro atoms. The number of esters is 4. The van der Waals surface area contributed by atoms with Gasteiger partial charge < -0.3 is 33.3 Å². The molecule has 2 aromatic carbocycles. The lowest BCUT2D eigenvalue weighted by molar-refractivity contribution is -0.269. The van der Waals surface area contributed by atoms with E-state index in [-0.39, 0.29) is 21.9 Å². The minimum atomic E-state index is -1.54. The molecule has 1 fully saturated rings. The summed E-state index contributed by atoms with van der Waals surface area (Å²) in [5.41, 5.74) is 1.56. The predicted octanol–water partition coefficient (Wildman–Crippen LogP) is 3.84. The minimum absolute atomic E-state index is 0.0214. The summed E-state index contributed by atoms with van der Waals surface area (Å²) in [7, 11) is 1.52. The van der Waals surface area contributed by atoms with Crippen molar-refractivity contribution in [2.45, 2.75) is 71.2 Å². The number of ketones is 1. The summed E-state index contributed by atoms with van der Waals surface area (Å²) in [6.45, 7) is 5.41. The second-order valence-corrected chi connectivity index (χ2v) is 11.6. The van der Waals surface area contributed by atoms with Crippen LogP contribution in [-0.2, 0) is 47.7 Å². The standard InChI is InChI=1S/C35H36N2O11S/c1-18(38)28-29(23-12-14-25(43-6)15-13-23)26(16-36)35(49)37(30(28)24-10-8-7-9-11-24)34-33(47-22(5)42)32(46-21(4)41)31(45-20(3)40)27(48-34)17-44-19(2)39/h7-15,27,29,31-34,49H,17H2,1-6H3/t27-,29+,31+,32+,33+,34+/m0/s1. The Morgan fingerprint density at radius 3 is 1.90 bits per heavy atom. The maximum absolute atomic E-state index is 13.8. The van der Waals surface area contributed by atoms with Crippen molar-refractivity contribution in [2.75, 3.05) is 13.7 Å². The van der Waals surface area contributed by atoms with Crippen molar-refractivity contribution in [3.8, 4) is 11.8 Å². The number of methoxy groups -OCH3 is 1. The highest BCUT2D eigenvalue weighted by atomic mass is 32.1. The molecule has 0 saturated carbocycles. The monoisotopic (exact) mass is 692 g/mol. The number of hydrogen-bond donors (Lipinski definition) is 1. The summed E-state index contributed by atoms with van der Waals surface area (Å²) >= 11 is 4.85. The molecule has 2 aromatic rings. The van der Waals surface area contributed by atoms with Gasteiger partial charge in [-0.3, -0.25) is 24.0 Å². The van der Waals surface area contributed by atoms with E-state index in [4.69, 9.17) is 41.0 Å². The molecule has 13 nitrogen and oxygen atoms in total. The Hall–Kier alpha value is -5.13. The van der Waals surface area contributed by atoms with Crippen molar-refractivity contribution in [2.24, 2.45) is 0 Å². The Morgan fingerprint density at radius 1 is 0.816 bits per heavy atom. The van der Waals surface area contributed by atoms with Gasteiger partial charge in [-0.05, 0) is 30.2 Å². The number of benzene rings is 2. The van der Waals surface area contributed by atoms with Gasteiger partial charge in [0.2, 0.25) is 0 Å². The van der Waals surface area contributed by atoms with Crippen molar-refractivity contribution in [1.29, 1.82) is 5.26 Å². The van der Waals surface area contributed by atoms with Gasteiger partial charge in [0.05, 0.1) is 35.4 Å². The van der Waals surface area contributed by atoms with E-state index in [0.29, 0.717) is 16.9 Å². The van der Waals surface area contributed by atoms with E-state index in [0.717, 1.165) is 20.8 Å². The highest BCUT2D eigenvalue weighted by molar-refractivity contribution is 7.84. The van der Waals surface area contributed by atoms with Gasteiger partial charge in [0.25, 0.3) is 0 Å². The van der Waals surface area contributed by atoms with Gasteiger partial charge in [-0.25, -0.2) is 0 Å². The summed E-state index contributed by atoms with van der Waals surface area (Å²) in [4.78, 5) is 64.5. The van der Waals surface area contributed by atoms with Crippen LogP contribution in [0, 0.1) is 11.3 Å². The van der Waals surface area contributed by atoms with E-state index in [1.807, 2.05) is 0 Å². The topological polar surface area (TPSA) is 168 Å². The highest BCUT2D eigenvalue weighted by Crippen LogP contribution is 2.49. The maximum atomic E-state index is 13.8. The predicted molar refractivity (Wildman–Crippen MR) is 175 cm³/mol. The van der Waals surface area contributed by atoms with Gasteiger partial charge >= 0.3 is 23.9 Å². The fourth-order valence-electron chi connectivity index (χ4n) is 5.94. The van der Waals surface area contributed by atoms with Crippen LogP contribution in [0.15, 0.2) is 70.8 Å². The van der Waals surface area contributed by atoms with Gasteiger partial charge in [0.1, 0.15) is 18.5 Å². The first kappa shape index (κ1) is 36.7. The lowest BCUT2D eigenvalue weighted by Crippen LogP contribution is -2.66. The van der Waals surface area contributed by atoms with Gasteiger partial charge in [-0.1, -0.05) is 42.5 Å². The highest BCUT2D eigenvalue weighted by Gasteiger charge is 2.56. The van der Waals surface area contributed by atoms with Crippen molar-refractivity contribution in [3.05, 3.63) is 81.9 Å². The molecule has 258 valence electrons. The first-order valence-corrected chi connectivity index (χ1v) is 15.6. The SMILES string of the molecule is COc1ccc([C@@H]2C(C#N)=C(S)N([C@@H]3O[C@@H](COC(C)=O)[C@@H](OC(C)=O)[C@@H](OC(C)=O)[C@H]3OC(C)=O)C(c3ccccc3)=C2C(C)=O)cc1. The van der Waals surface area contributed by atoms with Crippen LogP contribution < -0.4 is 4.74 Å². The summed E-state index contributed by atoms with van der Waals surface area (Å²) in [5, 5.41) is 10.7. The number of hydrogen-bond acceptors (Lipinski definition) is 14. The van der Waals surface area contributed by atoms with Crippen LogP contribution in [0.3, 0.4) is 0 Å². The molecule has 0 radical (unpaired) electrons. The third-order valence-electron chi connectivity index (χ3n) is 7.76. The third kappa shape index (κ3) is 8.13. The Labute approximate surface area is 288 Å². The summed E-state index contributed by atoms with van der Waals surface area (Å²) in [6, 6.07) is 17.8. The zero-order chi connectivity index (χ0) is 36.0. The average Bonchev–Trinajstić information content (AvgIpc) is 3.05. The fraction of sp³-hybridized carbons (Fsp3) is 0.371. The fourth-order valence-corrected chi connectivity index (χ4v) is 6.33. The van der Waals surface area contributed by atoms with Crippen molar-refractivity contribution < 1.29 is 52.4 Å². The Balaban J connectivity index is 2.06. The normalized spacial score (nSPS) is 23.6. The van der Waals surface area contributed by atoms with E-state index in [1.165, 1.54) is 25.9 Å². The number of nitrogens with zero attached hydrogens (tertiary/aromatic N) is 2. The molecule has 1 saturated heterocycles. The van der Waals surface area contributed by atoms with Crippen LogP contribution in [0.25, 0.3) is 5.70 Å². The van der Waals surface area contributed by atoms with Gasteiger partial charge in [0.15, 0.2) is 30.3 Å². The summed E-state index contributed by atoms with van der Waals surface area (Å²) in [6.07, 6.45) is -7.24. The molecular formula is C35H36N2O11S. The second-order valence-electron chi connectivity index (χ2n) is 11.2. The number of carbonyl (C=O) groups is 5. The molecule has 6 atom stereocenters. The number of ether oxygens (including phenoxy) is 6. The molecule has 0 amide bonds. The number of thiol groups is 1. The van der Waals surface area contributed by atoms with E-state index >= 15 is 0 Å². The zero-order valence-corrected chi connectivity index (χ0v) is 28.6. The third-order valence-corrected chi connectivity index (χ3v) is 8.22. The largest absolute Gasteiger partial charge is 0.497 e. The molecule has 0 unspecified atom stereocenters. The van der Waals surface area contributed by atoms with Crippen LogP contribution in [0.2, 0.25) is 0 Å². The number of carbonyl (C=O) groups excluding carboxylic acids is 5. The Morgan fingerprint density at radius 2 is 1.39 bits per heavy atom. The quantitative estimate of drug-likeness (QED) is 0.217. The van der Waals surface area contributed by atoms with Crippen molar-refractivity contribution >= 4 is 48.0 Å². The molecule has 0 aromatic heterocycles. The Kier molecular flexibility index (Phi) is 11.9. The Bertz CT molecular complexity index is 1710. The molecule has 2 aliphatic heterocycles. The van der Waals surface area contributed by atoms with Crippen LogP contribution in [0.5, 0.6) is 5.75 Å². The lowest BCUT2D eigenvalue weighted by atomic mass is 9.78. The molecule has 2 heterocycles. The maximum Gasteiger partial charge on any atom is 0.303 e.